The molecule has 2 atom stereocenters. The molecule has 0 aromatic heterocycles. The molecule has 0 N–H and O–H groups in total. The fourth-order valence-corrected chi connectivity index (χ4v) is 4.48. The first-order valence-electron chi connectivity index (χ1n) is 10.9. The minimum Gasteiger partial charge on any atom is -0.496 e. The number of carbonyl (C=O) groups excluding carboxylic acids is 1. The highest BCUT2D eigenvalue weighted by atomic mass is 19.1. The average molecular weight is 445 g/mol. The molecule has 6 nitrogen and oxygen atoms in total. The molecule has 3 rings (SSSR count). The number of carbonyl (C=O) groups is 1. The van der Waals surface area contributed by atoms with Gasteiger partial charge in [0.2, 0.25) is 5.91 Å². The molecular weight excluding hydrogens is 411 g/mol. The van der Waals surface area contributed by atoms with Crippen molar-refractivity contribution in [3.8, 4) is 5.75 Å². The summed E-state index contributed by atoms with van der Waals surface area (Å²) in [4.78, 5) is 16.8. The van der Waals surface area contributed by atoms with Gasteiger partial charge in [-0.15, -0.1) is 0 Å². The molecule has 2 unspecified atom stereocenters. The Balaban J connectivity index is 1.82. The van der Waals surface area contributed by atoms with E-state index < -0.39 is 0 Å². The maximum atomic E-state index is 14.0. The number of likely N-dealkylation sites (tertiary alicyclic amines) is 1. The SMILES string of the molecule is COCCN(CC1CN(Cc2ccccc2OC)CC1c1cccc(F)c1)C(=O)COC. The standard InChI is InChI=1S/C25H33FN2O4/c1-30-12-11-28(25(29)18-31-2)16-21-15-27(14-20-7-4-5-10-24(20)32-3)17-23(21)19-8-6-9-22(26)13-19/h4-10,13,21,23H,11-12,14-18H2,1-3H3. The Hall–Kier alpha value is -2.48. The van der Waals surface area contributed by atoms with E-state index in [1.807, 2.05) is 24.3 Å². The maximum absolute atomic E-state index is 14.0. The summed E-state index contributed by atoms with van der Waals surface area (Å²) in [6.45, 7) is 3.86. The van der Waals surface area contributed by atoms with E-state index >= 15 is 0 Å². The van der Waals surface area contributed by atoms with Crippen LogP contribution in [0.25, 0.3) is 0 Å². The molecule has 7 heteroatoms. The molecule has 1 fully saturated rings. The van der Waals surface area contributed by atoms with E-state index in [-0.39, 0.29) is 30.2 Å². The molecule has 0 spiro atoms. The Morgan fingerprint density at radius 1 is 1.09 bits per heavy atom. The number of rotatable bonds is 11. The minimum absolute atomic E-state index is 0.0337. The summed E-state index contributed by atoms with van der Waals surface area (Å²) in [5.74, 6) is 0.821. The summed E-state index contributed by atoms with van der Waals surface area (Å²) in [6.07, 6.45) is 0. The maximum Gasteiger partial charge on any atom is 0.248 e. The molecule has 0 bridgehead atoms. The van der Waals surface area contributed by atoms with Gasteiger partial charge in [-0.3, -0.25) is 9.69 Å². The van der Waals surface area contributed by atoms with Gasteiger partial charge in [0.1, 0.15) is 18.2 Å². The summed E-state index contributed by atoms with van der Waals surface area (Å²) in [5.41, 5.74) is 2.07. The predicted octanol–water partition coefficient (Wildman–Crippen LogP) is 3.17. The van der Waals surface area contributed by atoms with Crippen molar-refractivity contribution >= 4 is 5.91 Å². The van der Waals surface area contributed by atoms with Crippen molar-refractivity contribution in [2.24, 2.45) is 5.92 Å². The zero-order chi connectivity index (χ0) is 22.9. The summed E-state index contributed by atoms with van der Waals surface area (Å²) in [5, 5.41) is 0. The van der Waals surface area contributed by atoms with Crippen LogP contribution in [0, 0.1) is 11.7 Å². The first-order valence-corrected chi connectivity index (χ1v) is 10.9. The Morgan fingerprint density at radius 3 is 2.62 bits per heavy atom. The van der Waals surface area contributed by atoms with Crippen molar-refractivity contribution in [2.75, 3.05) is 60.7 Å². The second kappa shape index (κ2) is 11.9. The van der Waals surface area contributed by atoms with E-state index in [0.717, 1.165) is 36.5 Å². The molecule has 1 saturated heterocycles. The number of methoxy groups -OCH3 is 3. The molecule has 1 aliphatic rings. The van der Waals surface area contributed by atoms with Crippen LogP contribution >= 0.6 is 0 Å². The minimum atomic E-state index is -0.240. The highest BCUT2D eigenvalue weighted by Crippen LogP contribution is 2.35. The largest absolute Gasteiger partial charge is 0.496 e. The number of para-hydroxylation sites is 1. The van der Waals surface area contributed by atoms with Crippen molar-refractivity contribution in [2.45, 2.75) is 12.5 Å². The van der Waals surface area contributed by atoms with Gasteiger partial charge in [-0.25, -0.2) is 4.39 Å². The smallest absolute Gasteiger partial charge is 0.248 e. The number of hydrogen-bond acceptors (Lipinski definition) is 5. The van der Waals surface area contributed by atoms with E-state index in [2.05, 4.69) is 11.0 Å². The number of ether oxygens (including phenoxy) is 3. The van der Waals surface area contributed by atoms with Gasteiger partial charge in [0, 0.05) is 58.4 Å². The van der Waals surface area contributed by atoms with Crippen LogP contribution < -0.4 is 4.74 Å². The van der Waals surface area contributed by atoms with Crippen LogP contribution in [0.1, 0.15) is 17.0 Å². The molecule has 1 amide bonds. The lowest BCUT2D eigenvalue weighted by Crippen LogP contribution is -2.41. The van der Waals surface area contributed by atoms with Crippen LogP contribution in [0.5, 0.6) is 5.75 Å². The normalized spacial score (nSPS) is 18.6. The predicted molar refractivity (Wildman–Crippen MR) is 121 cm³/mol. The highest BCUT2D eigenvalue weighted by Gasteiger charge is 2.36. The van der Waals surface area contributed by atoms with E-state index in [1.54, 1.807) is 31.3 Å². The Bertz CT molecular complexity index is 879. The van der Waals surface area contributed by atoms with Crippen LogP contribution in [0.2, 0.25) is 0 Å². The van der Waals surface area contributed by atoms with Gasteiger partial charge in [0.25, 0.3) is 0 Å². The lowest BCUT2D eigenvalue weighted by atomic mass is 9.88. The summed E-state index contributed by atoms with van der Waals surface area (Å²) in [6, 6.07) is 14.8. The molecule has 0 saturated carbocycles. The first kappa shape index (κ1) is 24.2. The van der Waals surface area contributed by atoms with Gasteiger partial charge < -0.3 is 19.1 Å². The third-order valence-electron chi connectivity index (χ3n) is 6.02. The molecule has 2 aromatic carbocycles. The van der Waals surface area contributed by atoms with Gasteiger partial charge in [0.05, 0.1) is 13.7 Å². The quantitative estimate of drug-likeness (QED) is 0.533. The lowest BCUT2D eigenvalue weighted by Gasteiger charge is -2.28. The molecule has 32 heavy (non-hydrogen) atoms. The van der Waals surface area contributed by atoms with Crippen molar-refractivity contribution in [1.82, 2.24) is 9.80 Å². The van der Waals surface area contributed by atoms with Gasteiger partial charge in [-0.2, -0.15) is 0 Å². The number of nitrogens with zero attached hydrogens (tertiary/aromatic N) is 2. The monoisotopic (exact) mass is 444 g/mol. The summed E-state index contributed by atoms with van der Waals surface area (Å²) < 4.78 is 29.8. The van der Waals surface area contributed by atoms with E-state index in [1.165, 1.54) is 13.2 Å². The van der Waals surface area contributed by atoms with Crippen LogP contribution in [0.3, 0.4) is 0 Å². The molecule has 1 aliphatic heterocycles. The van der Waals surface area contributed by atoms with Gasteiger partial charge in [-0.05, 0) is 29.7 Å². The number of amides is 1. The molecule has 0 aliphatic carbocycles. The third-order valence-corrected chi connectivity index (χ3v) is 6.02. The Kier molecular flexibility index (Phi) is 9.02. The molecule has 174 valence electrons. The average Bonchev–Trinajstić information content (AvgIpc) is 3.19. The Labute approximate surface area is 189 Å². The third kappa shape index (κ3) is 6.28. The van der Waals surface area contributed by atoms with Crippen molar-refractivity contribution in [3.63, 3.8) is 0 Å². The molecule has 2 aromatic rings. The van der Waals surface area contributed by atoms with Crippen molar-refractivity contribution in [3.05, 3.63) is 65.5 Å². The van der Waals surface area contributed by atoms with Gasteiger partial charge in [-0.1, -0.05) is 30.3 Å². The topological polar surface area (TPSA) is 51.2 Å². The fourth-order valence-electron chi connectivity index (χ4n) is 4.48. The van der Waals surface area contributed by atoms with Crippen LogP contribution in [0.15, 0.2) is 48.5 Å². The second-order valence-electron chi connectivity index (χ2n) is 8.19. The van der Waals surface area contributed by atoms with E-state index in [0.29, 0.717) is 19.7 Å². The lowest BCUT2D eigenvalue weighted by molar-refractivity contribution is -0.136. The van der Waals surface area contributed by atoms with Crippen molar-refractivity contribution in [1.29, 1.82) is 0 Å². The zero-order valence-corrected chi connectivity index (χ0v) is 19.1. The number of hydrogen-bond donors (Lipinski definition) is 0. The van der Waals surface area contributed by atoms with E-state index in [4.69, 9.17) is 14.2 Å². The van der Waals surface area contributed by atoms with Gasteiger partial charge in [0.15, 0.2) is 0 Å². The van der Waals surface area contributed by atoms with Crippen LogP contribution in [0.4, 0.5) is 4.39 Å². The zero-order valence-electron chi connectivity index (χ0n) is 19.1. The number of halogens is 1. The first-order chi connectivity index (χ1) is 15.5. The van der Waals surface area contributed by atoms with E-state index in [9.17, 15) is 9.18 Å². The van der Waals surface area contributed by atoms with Crippen molar-refractivity contribution < 1.29 is 23.4 Å². The second-order valence-corrected chi connectivity index (χ2v) is 8.19. The number of benzene rings is 2. The Morgan fingerprint density at radius 2 is 1.91 bits per heavy atom. The summed E-state index contributed by atoms with van der Waals surface area (Å²) >= 11 is 0. The highest BCUT2D eigenvalue weighted by molar-refractivity contribution is 5.77. The molecular formula is C25H33FN2O4. The summed E-state index contributed by atoms with van der Waals surface area (Å²) in [7, 11) is 4.82. The molecule has 1 heterocycles. The fraction of sp³-hybridized carbons (Fsp3) is 0.480. The van der Waals surface area contributed by atoms with Crippen LogP contribution in [-0.2, 0) is 20.8 Å². The molecule has 0 radical (unpaired) electrons. The van der Waals surface area contributed by atoms with Crippen LogP contribution in [-0.4, -0.2) is 76.4 Å². The van der Waals surface area contributed by atoms with Gasteiger partial charge >= 0.3 is 0 Å².